The second kappa shape index (κ2) is 5.01. The van der Waals surface area contributed by atoms with E-state index in [1.807, 2.05) is 0 Å². The molecule has 88 valence electrons. The summed E-state index contributed by atoms with van der Waals surface area (Å²) in [5, 5.41) is 3.47. The van der Waals surface area contributed by atoms with Gasteiger partial charge in [-0.25, -0.2) is 0 Å². The summed E-state index contributed by atoms with van der Waals surface area (Å²) in [6, 6.07) is 9.31. The van der Waals surface area contributed by atoms with Gasteiger partial charge in [-0.15, -0.1) is 0 Å². The molecule has 0 atom stereocenters. The van der Waals surface area contributed by atoms with Crippen molar-refractivity contribution in [3.8, 4) is 0 Å². The Balaban J connectivity index is 2.24. The fraction of sp³-hybridized carbons (Fsp3) is 0.600. The van der Waals surface area contributed by atoms with Crippen LogP contribution in [0.5, 0.6) is 0 Å². The van der Waals surface area contributed by atoms with E-state index >= 15 is 0 Å². The molecule has 2 rings (SSSR count). The minimum atomic E-state index is 0.442. The predicted molar refractivity (Wildman–Crippen MR) is 69.9 cm³/mol. The van der Waals surface area contributed by atoms with Crippen LogP contribution in [0, 0.1) is 0 Å². The lowest BCUT2D eigenvalue weighted by Crippen LogP contribution is -2.39. The average molecular weight is 217 g/mol. The van der Waals surface area contributed by atoms with E-state index in [1.54, 1.807) is 5.56 Å². The van der Waals surface area contributed by atoms with E-state index in [1.165, 1.54) is 37.9 Å². The first-order valence-electron chi connectivity index (χ1n) is 6.61. The summed E-state index contributed by atoms with van der Waals surface area (Å²) in [6.45, 7) is 6.89. The Hall–Kier alpha value is -0.820. The molecule has 0 spiro atoms. The van der Waals surface area contributed by atoms with Crippen LogP contribution in [0.2, 0.25) is 0 Å². The number of aryl methyl sites for hydroxylation is 1. The van der Waals surface area contributed by atoms with E-state index in [9.17, 15) is 0 Å². The van der Waals surface area contributed by atoms with Crippen molar-refractivity contribution in [2.75, 3.05) is 13.1 Å². The Kier molecular flexibility index (Phi) is 3.65. The summed E-state index contributed by atoms with van der Waals surface area (Å²) in [6.07, 6.45) is 4.98. The minimum Gasteiger partial charge on any atom is -0.317 e. The van der Waals surface area contributed by atoms with E-state index in [2.05, 4.69) is 43.4 Å². The zero-order valence-electron chi connectivity index (χ0n) is 10.6. The van der Waals surface area contributed by atoms with Crippen LogP contribution in [0.4, 0.5) is 0 Å². The van der Waals surface area contributed by atoms with Crippen molar-refractivity contribution in [1.82, 2.24) is 5.32 Å². The van der Waals surface area contributed by atoms with Crippen LogP contribution < -0.4 is 5.32 Å². The summed E-state index contributed by atoms with van der Waals surface area (Å²) in [7, 11) is 0. The van der Waals surface area contributed by atoms with Gasteiger partial charge in [-0.3, -0.25) is 0 Å². The van der Waals surface area contributed by atoms with Crippen molar-refractivity contribution in [1.29, 1.82) is 0 Å². The van der Waals surface area contributed by atoms with Gasteiger partial charge in [-0.05, 0) is 55.3 Å². The van der Waals surface area contributed by atoms with Crippen molar-refractivity contribution in [3.05, 3.63) is 35.4 Å². The smallest absolute Gasteiger partial charge is 0.00255 e. The third kappa shape index (κ3) is 2.15. The Labute approximate surface area is 99.3 Å². The lowest BCUT2D eigenvalue weighted by atomic mass is 9.71. The van der Waals surface area contributed by atoms with Gasteiger partial charge in [0.25, 0.3) is 0 Å². The Morgan fingerprint density at radius 2 is 1.69 bits per heavy atom. The van der Waals surface area contributed by atoms with Gasteiger partial charge in [0.2, 0.25) is 0 Å². The van der Waals surface area contributed by atoms with Gasteiger partial charge in [0, 0.05) is 0 Å². The zero-order chi connectivity index (χ0) is 11.4. The normalized spacial score (nSPS) is 19.6. The monoisotopic (exact) mass is 217 g/mol. The molecule has 1 fully saturated rings. The first-order chi connectivity index (χ1) is 7.80. The van der Waals surface area contributed by atoms with Crippen LogP contribution >= 0.6 is 0 Å². The fourth-order valence-electron chi connectivity index (χ4n) is 2.85. The van der Waals surface area contributed by atoms with Crippen LogP contribution in [0.15, 0.2) is 24.3 Å². The van der Waals surface area contributed by atoms with Gasteiger partial charge in [0.1, 0.15) is 0 Å². The number of nitrogens with one attached hydrogen (secondary N) is 1. The molecule has 1 aromatic carbocycles. The molecule has 1 N–H and O–H groups in total. The maximum absolute atomic E-state index is 3.47. The first-order valence-corrected chi connectivity index (χ1v) is 6.61. The average Bonchev–Trinajstić information content (AvgIpc) is 2.39. The van der Waals surface area contributed by atoms with E-state index < -0.39 is 0 Å². The van der Waals surface area contributed by atoms with Crippen molar-refractivity contribution >= 4 is 0 Å². The minimum absolute atomic E-state index is 0.442. The predicted octanol–water partition coefficient (Wildman–Crippen LogP) is 3.28. The van der Waals surface area contributed by atoms with Crippen molar-refractivity contribution in [3.63, 3.8) is 0 Å². The molecule has 1 aliphatic rings. The van der Waals surface area contributed by atoms with Gasteiger partial charge < -0.3 is 5.32 Å². The van der Waals surface area contributed by atoms with Gasteiger partial charge in [-0.1, -0.05) is 38.1 Å². The molecule has 1 heterocycles. The summed E-state index contributed by atoms with van der Waals surface area (Å²) in [4.78, 5) is 0. The molecule has 1 aliphatic heterocycles. The van der Waals surface area contributed by atoms with E-state index in [4.69, 9.17) is 0 Å². The zero-order valence-corrected chi connectivity index (χ0v) is 10.6. The summed E-state index contributed by atoms with van der Waals surface area (Å²) >= 11 is 0. The van der Waals surface area contributed by atoms with E-state index in [0.717, 1.165) is 6.42 Å². The number of rotatable bonds is 3. The number of benzene rings is 1. The van der Waals surface area contributed by atoms with Gasteiger partial charge in [0.05, 0.1) is 0 Å². The van der Waals surface area contributed by atoms with E-state index in [-0.39, 0.29) is 0 Å². The largest absolute Gasteiger partial charge is 0.317 e. The highest BCUT2D eigenvalue weighted by atomic mass is 14.9. The second-order valence-corrected chi connectivity index (χ2v) is 4.93. The maximum Gasteiger partial charge on any atom is -0.00255 e. The third-order valence-electron chi connectivity index (χ3n) is 4.21. The summed E-state index contributed by atoms with van der Waals surface area (Å²) < 4.78 is 0. The second-order valence-electron chi connectivity index (χ2n) is 4.93. The number of piperidine rings is 1. The molecule has 0 amide bonds. The van der Waals surface area contributed by atoms with Gasteiger partial charge in [0.15, 0.2) is 0 Å². The van der Waals surface area contributed by atoms with Crippen LogP contribution in [0.25, 0.3) is 0 Å². The standard InChI is InChI=1S/C15H23N/c1-3-13-5-7-14(8-6-13)15(4-2)9-11-16-12-10-15/h5-8,16H,3-4,9-12H2,1-2H3. The molecule has 1 heteroatoms. The third-order valence-corrected chi connectivity index (χ3v) is 4.21. The highest BCUT2D eigenvalue weighted by molar-refractivity contribution is 5.30. The van der Waals surface area contributed by atoms with Gasteiger partial charge in [-0.2, -0.15) is 0 Å². The highest BCUT2D eigenvalue weighted by Gasteiger charge is 2.31. The molecular weight excluding hydrogens is 194 g/mol. The lowest BCUT2D eigenvalue weighted by molar-refractivity contribution is 0.298. The molecule has 0 aliphatic carbocycles. The molecule has 0 saturated carbocycles. The van der Waals surface area contributed by atoms with Crippen LogP contribution in [0.1, 0.15) is 44.2 Å². The maximum atomic E-state index is 3.47. The molecular formula is C15H23N. The number of hydrogen-bond acceptors (Lipinski definition) is 1. The van der Waals surface area contributed by atoms with Crippen LogP contribution in [-0.2, 0) is 11.8 Å². The molecule has 1 saturated heterocycles. The quantitative estimate of drug-likeness (QED) is 0.819. The first kappa shape index (κ1) is 11.7. The molecule has 0 aromatic heterocycles. The highest BCUT2D eigenvalue weighted by Crippen LogP contribution is 2.36. The van der Waals surface area contributed by atoms with Crippen molar-refractivity contribution < 1.29 is 0 Å². The molecule has 0 unspecified atom stereocenters. The topological polar surface area (TPSA) is 12.0 Å². The molecule has 16 heavy (non-hydrogen) atoms. The van der Waals surface area contributed by atoms with Crippen LogP contribution in [-0.4, -0.2) is 13.1 Å². The Morgan fingerprint density at radius 3 is 2.19 bits per heavy atom. The Bertz CT molecular complexity index is 320. The fourth-order valence-corrected chi connectivity index (χ4v) is 2.85. The summed E-state index contributed by atoms with van der Waals surface area (Å²) in [5.74, 6) is 0. The van der Waals surface area contributed by atoms with Crippen molar-refractivity contribution in [2.45, 2.75) is 44.9 Å². The van der Waals surface area contributed by atoms with E-state index in [0.29, 0.717) is 5.41 Å². The molecule has 0 bridgehead atoms. The summed E-state index contributed by atoms with van der Waals surface area (Å²) in [5.41, 5.74) is 3.44. The lowest BCUT2D eigenvalue weighted by Gasteiger charge is -2.37. The van der Waals surface area contributed by atoms with Crippen LogP contribution in [0.3, 0.4) is 0 Å². The molecule has 1 nitrogen and oxygen atoms in total. The molecule has 0 radical (unpaired) electrons. The Morgan fingerprint density at radius 1 is 1.06 bits per heavy atom. The molecule has 1 aromatic rings. The van der Waals surface area contributed by atoms with Gasteiger partial charge >= 0.3 is 0 Å². The SMILES string of the molecule is CCc1ccc(C2(CC)CCNCC2)cc1. The van der Waals surface area contributed by atoms with Crippen molar-refractivity contribution in [2.24, 2.45) is 0 Å². The number of hydrogen-bond donors (Lipinski definition) is 1.